The van der Waals surface area contributed by atoms with Gasteiger partial charge in [-0.2, -0.15) is 13.2 Å². The number of anilines is 1. The summed E-state index contributed by atoms with van der Waals surface area (Å²) < 4.78 is 36.8. The van der Waals surface area contributed by atoms with Crippen LogP contribution in [0.3, 0.4) is 0 Å². The molecule has 1 aromatic rings. The predicted molar refractivity (Wildman–Crippen MR) is 60.0 cm³/mol. The van der Waals surface area contributed by atoms with Crippen molar-refractivity contribution in [3.05, 3.63) is 17.1 Å². The van der Waals surface area contributed by atoms with Crippen LogP contribution in [0.5, 0.6) is 0 Å². The molecule has 0 spiro atoms. The lowest BCUT2D eigenvalue weighted by molar-refractivity contribution is -0.128. The van der Waals surface area contributed by atoms with Gasteiger partial charge in [-0.25, -0.2) is 9.97 Å². The first-order chi connectivity index (χ1) is 7.83. The normalized spacial score (nSPS) is 11.6. The van der Waals surface area contributed by atoms with Gasteiger partial charge in [0.05, 0.1) is 0 Å². The molecule has 0 bridgehead atoms. The Morgan fingerprint density at radius 1 is 1.18 bits per heavy atom. The number of alkyl halides is 3. The van der Waals surface area contributed by atoms with E-state index in [1.54, 1.807) is 13.8 Å². The summed E-state index contributed by atoms with van der Waals surface area (Å²) in [5.74, 6) is 0.317. The largest absolute Gasteiger partial charge is 0.396 e. The van der Waals surface area contributed by atoms with Crippen LogP contribution in [0.15, 0.2) is 0 Å². The van der Waals surface area contributed by atoms with E-state index in [4.69, 9.17) is 0 Å². The van der Waals surface area contributed by atoms with Crippen LogP contribution in [-0.4, -0.2) is 22.7 Å². The quantitative estimate of drug-likeness (QED) is 0.888. The SMILES string of the molecule is CCCNc1nc(CC(F)(F)F)nc(C)c1C. The highest BCUT2D eigenvalue weighted by atomic mass is 19.4. The van der Waals surface area contributed by atoms with E-state index in [-0.39, 0.29) is 5.82 Å². The van der Waals surface area contributed by atoms with E-state index in [2.05, 4.69) is 15.3 Å². The molecule has 96 valence electrons. The number of aromatic nitrogens is 2. The van der Waals surface area contributed by atoms with Crippen molar-refractivity contribution < 1.29 is 13.2 Å². The van der Waals surface area contributed by atoms with E-state index in [0.29, 0.717) is 18.1 Å². The smallest absolute Gasteiger partial charge is 0.370 e. The highest BCUT2D eigenvalue weighted by molar-refractivity contribution is 5.45. The van der Waals surface area contributed by atoms with Crippen LogP contribution in [-0.2, 0) is 6.42 Å². The van der Waals surface area contributed by atoms with Gasteiger partial charge in [-0.05, 0) is 20.3 Å². The van der Waals surface area contributed by atoms with Crippen LogP contribution < -0.4 is 5.32 Å². The predicted octanol–water partition coefficient (Wildman–Crippen LogP) is 3.02. The summed E-state index contributed by atoms with van der Waals surface area (Å²) in [6, 6.07) is 0. The summed E-state index contributed by atoms with van der Waals surface area (Å²) in [6.07, 6.45) is -4.48. The van der Waals surface area contributed by atoms with Gasteiger partial charge in [0.25, 0.3) is 0 Å². The fourth-order valence-electron chi connectivity index (χ4n) is 1.36. The van der Waals surface area contributed by atoms with Gasteiger partial charge in [0.2, 0.25) is 0 Å². The summed E-state index contributed by atoms with van der Waals surface area (Å²) in [6.45, 7) is 6.15. The Hall–Kier alpha value is -1.33. The second kappa shape index (κ2) is 5.33. The zero-order valence-corrected chi connectivity index (χ0v) is 10.1. The number of nitrogens with one attached hydrogen (secondary N) is 1. The maximum Gasteiger partial charge on any atom is 0.396 e. The molecule has 1 heterocycles. The molecule has 6 heteroatoms. The van der Waals surface area contributed by atoms with E-state index in [0.717, 1.165) is 12.0 Å². The topological polar surface area (TPSA) is 37.8 Å². The molecular formula is C11H16F3N3. The lowest BCUT2D eigenvalue weighted by Gasteiger charge is -2.12. The van der Waals surface area contributed by atoms with E-state index < -0.39 is 12.6 Å². The average molecular weight is 247 g/mol. The third kappa shape index (κ3) is 4.20. The molecule has 1 N–H and O–H groups in total. The molecule has 0 unspecified atom stereocenters. The Morgan fingerprint density at radius 2 is 1.82 bits per heavy atom. The fraction of sp³-hybridized carbons (Fsp3) is 0.636. The van der Waals surface area contributed by atoms with Crippen LogP contribution in [0, 0.1) is 13.8 Å². The van der Waals surface area contributed by atoms with Crippen molar-refractivity contribution in [2.75, 3.05) is 11.9 Å². The Labute approximate surface area is 98.5 Å². The molecule has 17 heavy (non-hydrogen) atoms. The molecular weight excluding hydrogens is 231 g/mol. The number of hydrogen-bond acceptors (Lipinski definition) is 3. The van der Waals surface area contributed by atoms with Crippen LogP contribution in [0.1, 0.15) is 30.4 Å². The molecule has 0 aliphatic heterocycles. The van der Waals surface area contributed by atoms with Crippen molar-refractivity contribution in [1.82, 2.24) is 9.97 Å². The second-order valence-electron chi connectivity index (χ2n) is 3.92. The number of rotatable bonds is 4. The first-order valence-corrected chi connectivity index (χ1v) is 5.48. The standard InChI is InChI=1S/C11H16F3N3/c1-4-5-15-10-7(2)8(3)16-9(17-10)6-11(12,13)14/h4-6H2,1-3H3,(H,15,16,17). The third-order valence-corrected chi connectivity index (χ3v) is 2.34. The first kappa shape index (κ1) is 13.7. The minimum Gasteiger partial charge on any atom is -0.370 e. The maximum absolute atomic E-state index is 12.3. The highest BCUT2D eigenvalue weighted by Crippen LogP contribution is 2.22. The lowest BCUT2D eigenvalue weighted by Crippen LogP contribution is -2.16. The van der Waals surface area contributed by atoms with E-state index >= 15 is 0 Å². The second-order valence-corrected chi connectivity index (χ2v) is 3.92. The van der Waals surface area contributed by atoms with E-state index in [1.165, 1.54) is 0 Å². The first-order valence-electron chi connectivity index (χ1n) is 5.48. The molecule has 0 fully saturated rings. The summed E-state index contributed by atoms with van der Waals surface area (Å²) in [5, 5.41) is 3.01. The molecule has 1 aromatic heterocycles. The molecule has 0 amide bonds. The van der Waals surface area contributed by atoms with Crippen LogP contribution >= 0.6 is 0 Å². The van der Waals surface area contributed by atoms with Crippen molar-refractivity contribution >= 4 is 5.82 Å². The summed E-state index contributed by atoms with van der Waals surface area (Å²) in [7, 11) is 0. The van der Waals surface area contributed by atoms with Gasteiger partial charge < -0.3 is 5.32 Å². The van der Waals surface area contributed by atoms with E-state index in [9.17, 15) is 13.2 Å². The molecule has 1 rings (SSSR count). The molecule has 0 saturated heterocycles. The van der Waals surface area contributed by atoms with Crippen molar-refractivity contribution in [3.63, 3.8) is 0 Å². The van der Waals surface area contributed by atoms with Crippen molar-refractivity contribution in [3.8, 4) is 0 Å². The molecule has 0 aliphatic rings. The van der Waals surface area contributed by atoms with Gasteiger partial charge in [0, 0.05) is 17.8 Å². The Balaban J connectivity index is 2.97. The van der Waals surface area contributed by atoms with Gasteiger partial charge in [0.15, 0.2) is 0 Å². The van der Waals surface area contributed by atoms with Crippen molar-refractivity contribution in [1.29, 1.82) is 0 Å². The monoisotopic (exact) mass is 247 g/mol. The summed E-state index contributed by atoms with van der Waals surface area (Å²) in [5.41, 5.74) is 1.38. The van der Waals surface area contributed by atoms with Gasteiger partial charge in [-0.1, -0.05) is 6.92 Å². The van der Waals surface area contributed by atoms with Crippen LogP contribution in [0.4, 0.5) is 19.0 Å². The molecule has 0 aliphatic carbocycles. The third-order valence-electron chi connectivity index (χ3n) is 2.34. The van der Waals surface area contributed by atoms with E-state index in [1.807, 2.05) is 6.92 Å². The Kier molecular flexibility index (Phi) is 4.31. The Bertz CT molecular complexity index is 388. The molecule has 0 atom stereocenters. The summed E-state index contributed by atoms with van der Waals surface area (Å²) in [4.78, 5) is 7.77. The average Bonchev–Trinajstić information content (AvgIpc) is 2.18. The number of nitrogens with zero attached hydrogens (tertiary/aromatic N) is 2. The van der Waals surface area contributed by atoms with Crippen molar-refractivity contribution in [2.24, 2.45) is 0 Å². The highest BCUT2D eigenvalue weighted by Gasteiger charge is 2.29. The van der Waals surface area contributed by atoms with Crippen molar-refractivity contribution in [2.45, 2.75) is 39.8 Å². The summed E-state index contributed by atoms with van der Waals surface area (Å²) >= 11 is 0. The molecule has 0 saturated carbocycles. The molecule has 0 aromatic carbocycles. The number of halogens is 3. The van der Waals surface area contributed by atoms with Crippen LogP contribution in [0.25, 0.3) is 0 Å². The van der Waals surface area contributed by atoms with Gasteiger partial charge in [0.1, 0.15) is 18.1 Å². The minimum atomic E-state index is -4.27. The minimum absolute atomic E-state index is 0.181. The fourth-order valence-corrected chi connectivity index (χ4v) is 1.36. The van der Waals surface area contributed by atoms with Gasteiger partial charge in [-0.15, -0.1) is 0 Å². The number of aryl methyl sites for hydroxylation is 1. The maximum atomic E-state index is 12.3. The van der Waals surface area contributed by atoms with Gasteiger partial charge >= 0.3 is 6.18 Å². The molecule has 3 nitrogen and oxygen atoms in total. The Morgan fingerprint density at radius 3 is 2.35 bits per heavy atom. The van der Waals surface area contributed by atoms with Gasteiger partial charge in [-0.3, -0.25) is 0 Å². The zero-order valence-electron chi connectivity index (χ0n) is 10.1. The lowest BCUT2D eigenvalue weighted by atomic mass is 10.2. The zero-order chi connectivity index (χ0) is 13.1. The van der Waals surface area contributed by atoms with Crippen LogP contribution in [0.2, 0.25) is 0 Å². The number of hydrogen-bond donors (Lipinski definition) is 1. The molecule has 0 radical (unpaired) electrons.